The zero-order valence-corrected chi connectivity index (χ0v) is 6.29. The van der Waals surface area contributed by atoms with Crippen molar-refractivity contribution in [2.24, 2.45) is 17.8 Å². The maximum absolute atomic E-state index is 11.1. The van der Waals surface area contributed by atoms with Crippen molar-refractivity contribution >= 4 is 5.91 Å². The fourth-order valence-electron chi connectivity index (χ4n) is 2.54. The van der Waals surface area contributed by atoms with Crippen LogP contribution >= 0.6 is 0 Å². The lowest BCUT2D eigenvalue weighted by atomic mass is 9.59. The lowest BCUT2D eigenvalue weighted by Crippen LogP contribution is -2.63. The highest BCUT2D eigenvalue weighted by Gasteiger charge is 2.50. The monoisotopic (exact) mass is 149 g/mol. The molecular formula is C9H11NO. The van der Waals surface area contributed by atoms with Crippen LogP contribution in [-0.2, 0) is 4.79 Å². The largest absolute Gasteiger partial charge is 0.349 e. The third-order valence-electron chi connectivity index (χ3n) is 3.41. The molecular weight excluding hydrogens is 138 g/mol. The van der Waals surface area contributed by atoms with E-state index in [1.807, 2.05) is 0 Å². The Morgan fingerprint density at radius 3 is 2.82 bits per heavy atom. The van der Waals surface area contributed by atoms with Crippen LogP contribution < -0.4 is 5.32 Å². The molecule has 2 heteroatoms. The van der Waals surface area contributed by atoms with Gasteiger partial charge in [0.1, 0.15) is 0 Å². The van der Waals surface area contributed by atoms with Gasteiger partial charge in [-0.2, -0.15) is 0 Å². The van der Waals surface area contributed by atoms with E-state index in [0.29, 0.717) is 17.9 Å². The second kappa shape index (κ2) is 1.68. The second-order valence-electron chi connectivity index (χ2n) is 3.85. The summed E-state index contributed by atoms with van der Waals surface area (Å²) in [5, 5.41) is 2.90. The van der Waals surface area contributed by atoms with Crippen molar-refractivity contribution in [3.05, 3.63) is 12.2 Å². The molecule has 0 spiro atoms. The Hall–Kier alpha value is -0.790. The van der Waals surface area contributed by atoms with E-state index in [-0.39, 0.29) is 5.91 Å². The number of carbonyl (C=O) groups excluding carboxylic acids is 1. The molecule has 0 aromatic heterocycles. The van der Waals surface area contributed by atoms with E-state index in [4.69, 9.17) is 0 Å². The van der Waals surface area contributed by atoms with Gasteiger partial charge in [0.25, 0.3) is 0 Å². The van der Waals surface area contributed by atoms with Gasteiger partial charge in [0.05, 0.1) is 12.0 Å². The average molecular weight is 149 g/mol. The lowest BCUT2D eigenvalue weighted by molar-refractivity contribution is -0.140. The van der Waals surface area contributed by atoms with Crippen molar-refractivity contribution in [1.82, 2.24) is 5.32 Å². The Morgan fingerprint density at radius 1 is 1.36 bits per heavy atom. The van der Waals surface area contributed by atoms with Crippen LogP contribution in [0.2, 0.25) is 0 Å². The normalized spacial score (nSPS) is 51.5. The number of nitrogens with one attached hydrogen (secondary N) is 1. The van der Waals surface area contributed by atoms with Crippen molar-refractivity contribution in [1.29, 1.82) is 0 Å². The molecule has 11 heavy (non-hydrogen) atoms. The van der Waals surface area contributed by atoms with Gasteiger partial charge in [0.15, 0.2) is 0 Å². The zero-order chi connectivity index (χ0) is 7.42. The van der Waals surface area contributed by atoms with Gasteiger partial charge in [-0.05, 0) is 24.7 Å². The van der Waals surface area contributed by atoms with Crippen LogP contribution in [0.1, 0.15) is 12.8 Å². The summed E-state index contributed by atoms with van der Waals surface area (Å²) in [7, 11) is 0. The molecule has 0 radical (unpaired) electrons. The minimum Gasteiger partial charge on any atom is -0.349 e. The van der Waals surface area contributed by atoms with Crippen molar-refractivity contribution in [3.8, 4) is 0 Å². The number of rotatable bonds is 0. The molecule has 2 aliphatic carbocycles. The first-order valence-corrected chi connectivity index (χ1v) is 4.35. The van der Waals surface area contributed by atoms with Gasteiger partial charge in [-0.25, -0.2) is 0 Å². The number of hydrogen-bond donors (Lipinski definition) is 1. The van der Waals surface area contributed by atoms with Crippen LogP contribution in [0, 0.1) is 17.8 Å². The van der Waals surface area contributed by atoms with E-state index >= 15 is 0 Å². The molecule has 1 N–H and O–H groups in total. The van der Waals surface area contributed by atoms with E-state index in [2.05, 4.69) is 17.5 Å². The molecule has 3 rings (SSSR count). The Morgan fingerprint density at radius 2 is 2.27 bits per heavy atom. The Labute approximate surface area is 65.7 Å². The number of carbonyl (C=O) groups is 1. The number of allylic oxidation sites excluding steroid dienone is 1. The van der Waals surface area contributed by atoms with Crippen LogP contribution in [-0.4, -0.2) is 11.9 Å². The second-order valence-corrected chi connectivity index (χ2v) is 3.85. The first-order valence-electron chi connectivity index (χ1n) is 4.35. The van der Waals surface area contributed by atoms with Crippen molar-refractivity contribution in [2.45, 2.75) is 18.9 Å². The van der Waals surface area contributed by atoms with Gasteiger partial charge in [-0.15, -0.1) is 0 Å². The number of hydrogen-bond acceptors (Lipinski definition) is 1. The highest BCUT2D eigenvalue weighted by molar-refractivity contribution is 5.87. The van der Waals surface area contributed by atoms with Gasteiger partial charge in [-0.3, -0.25) is 4.79 Å². The quantitative estimate of drug-likeness (QED) is 0.398. The SMILES string of the molecule is O=C1NC2C=CC3CCC3C12. The molecule has 2 fully saturated rings. The minimum atomic E-state index is 0.286. The molecule has 1 amide bonds. The lowest BCUT2D eigenvalue weighted by Gasteiger charge is -2.50. The summed E-state index contributed by atoms with van der Waals surface area (Å²) >= 11 is 0. The average Bonchev–Trinajstić information content (AvgIpc) is 1.94. The summed E-state index contributed by atoms with van der Waals surface area (Å²) in [6.07, 6.45) is 7.03. The third-order valence-corrected chi connectivity index (χ3v) is 3.41. The van der Waals surface area contributed by atoms with Gasteiger partial charge >= 0.3 is 0 Å². The Balaban J connectivity index is 1.93. The highest BCUT2D eigenvalue weighted by atomic mass is 16.2. The van der Waals surface area contributed by atoms with Crippen LogP contribution in [0.5, 0.6) is 0 Å². The molecule has 0 aromatic rings. The fourth-order valence-corrected chi connectivity index (χ4v) is 2.54. The van der Waals surface area contributed by atoms with Crippen LogP contribution in [0.4, 0.5) is 0 Å². The third kappa shape index (κ3) is 0.561. The zero-order valence-electron chi connectivity index (χ0n) is 6.29. The van der Waals surface area contributed by atoms with E-state index < -0.39 is 0 Å². The molecule has 1 heterocycles. The number of fused-ring (bicyclic) bond motifs is 3. The molecule has 2 nitrogen and oxygen atoms in total. The summed E-state index contributed by atoms with van der Waals surface area (Å²) in [6.45, 7) is 0. The van der Waals surface area contributed by atoms with E-state index in [0.717, 1.165) is 5.92 Å². The molecule has 0 bridgehead atoms. The predicted octanol–water partition coefficient (Wildman–Crippen LogP) is 0.697. The van der Waals surface area contributed by atoms with Crippen LogP contribution in [0.15, 0.2) is 12.2 Å². The Bertz CT molecular complexity index is 246. The highest BCUT2D eigenvalue weighted by Crippen LogP contribution is 2.47. The maximum atomic E-state index is 11.1. The number of amides is 1. The molecule has 1 saturated heterocycles. The summed E-state index contributed by atoms with van der Waals surface area (Å²) in [4.78, 5) is 11.1. The van der Waals surface area contributed by atoms with Crippen molar-refractivity contribution in [2.75, 3.05) is 0 Å². The number of β-lactam (4-membered cyclic amide) rings is 1. The van der Waals surface area contributed by atoms with Gasteiger partial charge in [0, 0.05) is 0 Å². The minimum absolute atomic E-state index is 0.286. The summed E-state index contributed by atoms with van der Waals surface area (Å²) in [6, 6.07) is 0.393. The van der Waals surface area contributed by atoms with E-state index in [1.165, 1.54) is 12.8 Å². The van der Waals surface area contributed by atoms with E-state index in [9.17, 15) is 4.79 Å². The first-order chi connectivity index (χ1) is 5.36. The van der Waals surface area contributed by atoms with Crippen molar-refractivity contribution in [3.63, 3.8) is 0 Å². The molecule has 58 valence electrons. The summed E-state index contributed by atoms with van der Waals surface area (Å²) in [5.41, 5.74) is 0. The molecule has 3 aliphatic rings. The summed E-state index contributed by atoms with van der Waals surface area (Å²) < 4.78 is 0. The van der Waals surface area contributed by atoms with Crippen molar-refractivity contribution < 1.29 is 4.79 Å². The van der Waals surface area contributed by atoms with Gasteiger partial charge in [0.2, 0.25) is 5.91 Å². The fraction of sp³-hybridized carbons (Fsp3) is 0.667. The first kappa shape index (κ1) is 5.81. The van der Waals surface area contributed by atoms with Crippen LogP contribution in [0.25, 0.3) is 0 Å². The molecule has 4 unspecified atom stereocenters. The smallest absolute Gasteiger partial charge is 0.226 e. The molecule has 1 saturated carbocycles. The topological polar surface area (TPSA) is 29.1 Å². The van der Waals surface area contributed by atoms with Gasteiger partial charge in [-0.1, -0.05) is 12.2 Å². The molecule has 0 aromatic carbocycles. The predicted molar refractivity (Wildman–Crippen MR) is 40.8 cm³/mol. The van der Waals surface area contributed by atoms with E-state index in [1.54, 1.807) is 0 Å². The standard InChI is InChI=1S/C9H11NO/c11-9-8-6-3-1-5(6)2-4-7(8)10-9/h2,4-8H,1,3H2,(H,10,11). The Kier molecular flexibility index (Phi) is 0.888. The van der Waals surface area contributed by atoms with Gasteiger partial charge < -0.3 is 5.32 Å². The summed E-state index contributed by atoms with van der Waals surface area (Å²) in [5.74, 6) is 2.06. The molecule has 4 atom stereocenters. The maximum Gasteiger partial charge on any atom is 0.226 e. The molecule has 1 aliphatic heterocycles. The van der Waals surface area contributed by atoms with Crippen LogP contribution in [0.3, 0.4) is 0 Å².